The van der Waals surface area contributed by atoms with Crippen molar-refractivity contribution in [1.82, 2.24) is 4.90 Å². The summed E-state index contributed by atoms with van der Waals surface area (Å²) in [6.07, 6.45) is 3.59. The van der Waals surface area contributed by atoms with Gasteiger partial charge in [-0.15, -0.1) is 0 Å². The molecule has 2 N–H and O–H groups in total. The topological polar surface area (TPSA) is 29.3 Å². The van der Waals surface area contributed by atoms with Gasteiger partial charge < -0.3 is 5.73 Å². The Hall–Kier alpha value is -0.860. The zero-order valence-electron chi connectivity index (χ0n) is 12.7. The lowest BCUT2D eigenvalue weighted by atomic mass is 9.83. The van der Waals surface area contributed by atoms with Crippen molar-refractivity contribution in [3.63, 3.8) is 0 Å². The van der Waals surface area contributed by atoms with Crippen molar-refractivity contribution in [3.8, 4) is 0 Å². The molecule has 2 heteroatoms. The number of nitrogens with two attached hydrogens (primary N) is 1. The summed E-state index contributed by atoms with van der Waals surface area (Å²) in [5.41, 5.74) is 9.34. The molecule has 2 atom stereocenters. The SMILES string of the molecule is CCC(C)CC(CC)(CN)N1Cc2ccccc2C1. The first kappa shape index (κ1) is 14.5. The number of hydrogen-bond acceptors (Lipinski definition) is 2. The standard InChI is InChI=1S/C17H28N2/c1-4-14(3)10-17(5-2,13-18)19-11-15-8-6-7-9-16(15)12-19/h6-9,14H,4-5,10-13,18H2,1-3H3. The fraction of sp³-hybridized carbons (Fsp3) is 0.647. The van der Waals surface area contributed by atoms with Crippen molar-refractivity contribution in [3.05, 3.63) is 35.4 Å². The molecule has 0 aliphatic carbocycles. The van der Waals surface area contributed by atoms with Gasteiger partial charge in [-0.05, 0) is 29.9 Å². The Morgan fingerprint density at radius 2 is 1.79 bits per heavy atom. The maximum Gasteiger partial charge on any atom is 0.0338 e. The molecule has 1 heterocycles. The largest absolute Gasteiger partial charge is 0.329 e. The Morgan fingerprint density at radius 1 is 1.21 bits per heavy atom. The van der Waals surface area contributed by atoms with Crippen molar-refractivity contribution < 1.29 is 0 Å². The second-order valence-electron chi connectivity index (χ2n) is 6.12. The first-order valence-corrected chi connectivity index (χ1v) is 7.67. The molecule has 1 aliphatic heterocycles. The lowest BCUT2D eigenvalue weighted by Crippen LogP contribution is -2.52. The van der Waals surface area contributed by atoms with E-state index in [1.54, 1.807) is 0 Å². The van der Waals surface area contributed by atoms with E-state index in [1.807, 2.05) is 0 Å². The van der Waals surface area contributed by atoms with Crippen LogP contribution < -0.4 is 5.73 Å². The third kappa shape index (κ3) is 2.85. The van der Waals surface area contributed by atoms with Gasteiger partial charge in [0.05, 0.1) is 0 Å². The van der Waals surface area contributed by atoms with Gasteiger partial charge in [-0.1, -0.05) is 51.5 Å². The average molecular weight is 260 g/mol. The van der Waals surface area contributed by atoms with Crippen LogP contribution in [0.2, 0.25) is 0 Å². The van der Waals surface area contributed by atoms with Gasteiger partial charge in [0.15, 0.2) is 0 Å². The van der Waals surface area contributed by atoms with Crippen molar-refractivity contribution in [2.45, 2.75) is 58.7 Å². The minimum atomic E-state index is 0.175. The summed E-state index contributed by atoms with van der Waals surface area (Å²) >= 11 is 0. The van der Waals surface area contributed by atoms with Gasteiger partial charge in [-0.3, -0.25) is 4.90 Å². The highest BCUT2D eigenvalue weighted by Gasteiger charge is 2.37. The fourth-order valence-electron chi connectivity index (χ4n) is 3.32. The van der Waals surface area contributed by atoms with Crippen LogP contribution in [-0.4, -0.2) is 17.0 Å². The molecule has 0 spiro atoms. The van der Waals surface area contributed by atoms with Crippen LogP contribution in [-0.2, 0) is 13.1 Å². The van der Waals surface area contributed by atoms with E-state index in [-0.39, 0.29) is 5.54 Å². The molecule has 19 heavy (non-hydrogen) atoms. The minimum absolute atomic E-state index is 0.175. The van der Waals surface area contributed by atoms with Gasteiger partial charge in [0.25, 0.3) is 0 Å². The monoisotopic (exact) mass is 260 g/mol. The highest BCUT2D eigenvalue weighted by Crippen LogP contribution is 2.35. The maximum absolute atomic E-state index is 6.19. The van der Waals surface area contributed by atoms with Crippen molar-refractivity contribution in [2.24, 2.45) is 11.7 Å². The lowest BCUT2D eigenvalue weighted by Gasteiger charge is -2.42. The van der Waals surface area contributed by atoms with E-state index in [0.29, 0.717) is 0 Å². The Kier molecular flexibility index (Phi) is 4.64. The van der Waals surface area contributed by atoms with Crippen LogP contribution in [0.25, 0.3) is 0 Å². The molecule has 0 radical (unpaired) electrons. The first-order chi connectivity index (χ1) is 9.15. The molecule has 2 unspecified atom stereocenters. The van der Waals surface area contributed by atoms with E-state index in [2.05, 4.69) is 49.9 Å². The van der Waals surface area contributed by atoms with Crippen LogP contribution in [0.1, 0.15) is 51.2 Å². The Bertz CT molecular complexity index is 384. The second kappa shape index (κ2) is 6.06. The summed E-state index contributed by atoms with van der Waals surface area (Å²) < 4.78 is 0. The van der Waals surface area contributed by atoms with Crippen LogP contribution in [0, 0.1) is 5.92 Å². The van der Waals surface area contributed by atoms with Crippen LogP contribution in [0.4, 0.5) is 0 Å². The minimum Gasteiger partial charge on any atom is -0.329 e. The van der Waals surface area contributed by atoms with Gasteiger partial charge >= 0.3 is 0 Å². The van der Waals surface area contributed by atoms with Gasteiger partial charge in [0.1, 0.15) is 0 Å². The third-order valence-electron chi connectivity index (χ3n) is 4.98. The van der Waals surface area contributed by atoms with Crippen LogP contribution >= 0.6 is 0 Å². The fourth-order valence-corrected chi connectivity index (χ4v) is 3.32. The molecule has 2 nitrogen and oxygen atoms in total. The number of fused-ring (bicyclic) bond motifs is 1. The molecule has 0 amide bonds. The number of rotatable bonds is 6. The molecule has 0 aromatic heterocycles. The summed E-state index contributed by atoms with van der Waals surface area (Å²) in [7, 11) is 0. The maximum atomic E-state index is 6.19. The molecule has 0 saturated heterocycles. The molecule has 2 rings (SSSR count). The molecule has 0 fully saturated rings. The zero-order chi connectivity index (χ0) is 13.9. The van der Waals surface area contributed by atoms with Gasteiger partial charge in [-0.2, -0.15) is 0 Å². The highest BCUT2D eigenvalue weighted by atomic mass is 15.2. The number of nitrogens with zero attached hydrogens (tertiary/aromatic N) is 1. The van der Waals surface area contributed by atoms with Gasteiger partial charge in [0, 0.05) is 25.2 Å². The van der Waals surface area contributed by atoms with Crippen LogP contribution in [0.3, 0.4) is 0 Å². The Morgan fingerprint density at radius 3 is 2.21 bits per heavy atom. The van der Waals surface area contributed by atoms with E-state index in [4.69, 9.17) is 5.73 Å². The van der Waals surface area contributed by atoms with E-state index in [1.165, 1.54) is 24.0 Å². The molecule has 1 aromatic carbocycles. The zero-order valence-corrected chi connectivity index (χ0v) is 12.7. The van der Waals surface area contributed by atoms with Crippen LogP contribution in [0.15, 0.2) is 24.3 Å². The molecule has 1 aliphatic rings. The molecular formula is C17H28N2. The predicted octanol–water partition coefficient (Wildman–Crippen LogP) is 3.55. The molecular weight excluding hydrogens is 232 g/mol. The first-order valence-electron chi connectivity index (χ1n) is 7.67. The summed E-state index contributed by atoms with van der Waals surface area (Å²) in [4.78, 5) is 2.61. The quantitative estimate of drug-likeness (QED) is 0.847. The average Bonchev–Trinajstić information content (AvgIpc) is 2.88. The van der Waals surface area contributed by atoms with Crippen LogP contribution in [0.5, 0.6) is 0 Å². The molecule has 0 saturated carbocycles. The number of benzene rings is 1. The van der Waals surface area contributed by atoms with E-state index < -0.39 is 0 Å². The smallest absolute Gasteiger partial charge is 0.0338 e. The normalized spacial score (nSPS) is 20.0. The Balaban J connectivity index is 2.18. The van der Waals surface area contributed by atoms with Gasteiger partial charge in [0.2, 0.25) is 0 Å². The Labute approximate surface area is 118 Å². The predicted molar refractivity (Wildman–Crippen MR) is 81.8 cm³/mol. The van der Waals surface area contributed by atoms with Crippen molar-refractivity contribution >= 4 is 0 Å². The second-order valence-corrected chi connectivity index (χ2v) is 6.12. The third-order valence-corrected chi connectivity index (χ3v) is 4.98. The summed E-state index contributed by atoms with van der Waals surface area (Å²) in [6.45, 7) is 9.82. The van der Waals surface area contributed by atoms with E-state index in [0.717, 1.165) is 32.0 Å². The summed E-state index contributed by atoms with van der Waals surface area (Å²) in [6, 6.07) is 8.81. The lowest BCUT2D eigenvalue weighted by molar-refractivity contribution is 0.0627. The number of hydrogen-bond donors (Lipinski definition) is 1. The van der Waals surface area contributed by atoms with Crippen molar-refractivity contribution in [1.29, 1.82) is 0 Å². The molecule has 1 aromatic rings. The van der Waals surface area contributed by atoms with E-state index in [9.17, 15) is 0 Å². The molecule has 106 valence electrons. The molecule has 0 bridgehead atoms. The summed E-state index contributed by atoms with van der Waals surface area (Å²) in [5.74, 6) is 0.743. The van der Waals surface area contributed by atoms with E-state index >= 15 is 0 Å². The summed E-state index contributed by atoms with van der Waals surface area (Å²) in [5, 5.41) is 0. The van der Waals surface area contributed by atoms with Crippen molar-refractivity contribution in [2.75, 3.05) is 6.54 Å². The highest BCUT2D eigenvalue weighted by molar-refractivity contribution is 5.31. The van der Waals surface area contributed by atoms with Gasteiger partial charge in [-0.25, -0.2) is 0 Å².